The van der Waals surface area contributed by atoms with E-state index in [0.29, 0.717) is 6.54 Å². The molecular formula is C12H13NO2. The average Bonchev–Trinajstić information content (AvgIpc) is 2.63. The summed E-state index contributed by atoms with van der Waals surface area (Å²) >= 11 is 0. The van der Waals surface area contributed by atoms with Crippen LogP contribution >= 0.6 is 0 Å². The van der Waals surface area contributed by atoms with Gasteiger partial charge in [0.1, 0.15) is 12.2 Å². The zero-order chi connectivity index (χ0) is 10.3. The molecular weight excluding hydrogens is 190 g/mol. The van der Waals surface area contributed by atoms with E-state index in [0.717, 1.165) is 12.8 Å². The molecule has 2 aliphatic rings. The van der Waals surface area contributed by atoms with Crippen molar-refractivity contribution in [2.45, 2.75) is 18.4 Å². The minimum absolute atomic E-state index is 0.00925. The molecule has 15 heavy (non-hydrogen) atoms. The molecule has 0 bridgehead atoms. The molecule has 1 N–H and O–H groups in total. The van der Waals surface area contributed by atoms with E-state index >= 15 is 0 Å². The van der Waals surface area contributed by atoms with Crippen molar-refractivity contribution in [3.05, 3.63) is 35.4 Å². The first-order chi connectivity index (χ1) is 7.30. The number of benzene rings is 1. The third kappa shape index (κ3) is 1.27. The van der Waals surface area contributed by atoms with Crippen LogP contribution in [-0.2, 0) is 21.6 Å². The Morgan fingerprint density at radius 1 is 1.33 bits per heavy atom. The highest BCUT2D eigenvalue weighted by atomic mass is 16.5. The van der Waals surface area contributed by atoms with Crippen molar-refractivity contribution in [3.63, 3.8) is 0 Å². The van der Waals surface area contributed by atoms with Gasteiger partial charge in [0.05, 0.1) is 6.54 Å². The molecule has 1 heterocycles. The molecule has 3 nitrogen and oxygen atoms in total. The molecule has 1 saturated heterocycles. The second kappa shape index (κ2) is 3.07. The largest absolute Gasteiger partial charge is 0.359 e. The van der Waals surface area contributed by atoms with Crippen LogP contribution in [0, 0.1) is 0 Å². The fourth-order valence-corrected chi connectivity index (χ4v) is 2.53. The van der Waals surface area contributed by atoms with Crippen LogP contribution < -0.4 is 5.32 Å². The minimum Gasteiger partial charge on any atom is -0.359 e. The quantitative estimate of drug-likeness (QED) is 0.682. The van der Waals surface area contributed by atoms with E-state index in [9.17, 15) is 4.79 Å². The van der Waals surface area contributed by atoms with Crippen molar-refractivity contribution >= 4 is 5.91 Å². The smallest absolute Gasteiger partial charge is 0.246 e. The number of carbonyl (C=O) groups is 1. The summed E-state index contributed by atoms with van der Waals surface area (Å²) in [5, 5.41) is 2.89. The van der Waals surface area contributed by atoms with Gasteiger partial charge in [-0.25, -0.2) is 0 Å². The van der Waals surface area contributed by atoms with Crippen LogP contribution in [0.2, 0.25) is 0 Å². The van der Waals surface area contributed by atoms with E-state index in [2.05, 4.69) is 23.5 Å². The second-order valence-electron chi connectivity index (χ2n) is 4.22. The van der Waals surface area contributed by atoms with Gasteiger partial charge in [0.25, 0.3) is 0 Å². The van der Waals surface area contributed by atoms with Gasteiger partial charge in [-0.15, -0.1) is 0 Å². The van der Waals surface area contributed by atoms with Crippen molar-refractivity contribution in [2.24, 2.45) is 0 Å². The highest BCUT2D eigenvalue weighted by Crippen LogP contribution is 2.40. The van der Waals surface area contributed by atoms with Gasteiger partial charge in [-0.1, -0.05) is 24.3 Å². The fourth-order valence-electron chi connectivity index (χ4n) is 2.53. The summed E-state index contributed by atoms with van der Waals surface area (Å²) in [6.07, 6.45) is 2.03. The molecule has 1 aromatic rings. The molecule has 0 saturated carbocycles. The molecule has 0 unspecified atom stereocenters. The number of rotatable bonds is 0. The van der Waals surface area contributed by atoms with E-state index in [1.54, 1.807) is 0 Å². The Hall–Kier alpha value is -1.35. The summed E-state index contributed by atoms with van der Waals surface area (Å²) < 4.78 is 5.75. The Balaban J connectivity index is 1.98. The maximum atomic E-state index is 11.1. The number of aryl methyl sites for hydroxylation is 1. The zero-order valence-electron chi connectivity index (χ0n) is 8.45. The van der Waals surface area contributed by atoms with Gasteiger partial charge in [-0.2, -0.15) is 0 Å². The number of ether oxygens (including phenoxy) is 1. The zero-order valence-corrected chi connectivity index (χ0v) is 8.45. The number of fused-ring (bicyclic) bond motifs is 2. The van der Waals surface area contributed by atoms with E-state index in [4.69, 9.17) is 4.74 Å². The number of nitrogens with one attached hydrogen (secondary N) is 1. The lowest BCUT2D eigenvalue weighted by Gasteiger charge is -2.34. The van der Waals surface area contributed by atoms with Crippen LogP contribution in [-0.4, -0.2) is 19.1 Å². The van der Waals surface area contributed by atoms with Crippen LogP contribution in [0.1, 0.15) is 17.5 Å². The molecule has 1 spiro atoms. The Bertz CT molecular complexity index is 404. The maximum absolute atomic E-state index is 11.1. The van der Waals surface area contributed by atoms with Crippen molar-refractivity contribution in [1.29, 1.82) is 0 Å². The van der Waals surface area contributed by atoms with Gasteiger partial charge in [0.15, 0.2) is 0 Å². The molecule has 3 heteroatoms. The number of morpholine rings is 1. The lowest BCUT2D eigenvalue weighted by Crippen LogP contribution is -2.49. The van der Waals surface area contributed by atoms with Crippen LogP contribution in [0.5, 0.6) is 0 Å². The lowest BCUT2D eigenvalue weighted by atomic mass is 9.94. The predicted octanol–water partition coefficient (Wildman–Crippen LogP) is 0.975. The summed E-state index contributed by atoms with van der Waals surface area (Å²) in [7, 11) is 0. The predicted molar refractivity (Wildman–Crippen MR) is 55.4 cm³/mol. The maximum Gasteiger partial charge on any atom is 0.246 e. The SMILES string of the molecule is O=C1CO[C@@]2(CCc3ccccc32)CN1. The van der Waals surface area contributed by atoms with Gasteiger partial charge in [-0.3, -0.25) is 4.79 Å². The van der Waals surface area contributed by atoms with Crippen LogP contribution in [0.15, 0.2) is 24.3 Å². The summed E-state index contributed by atoms with van der Waals surface area (Å²) in [5.74, 6) is -0.00925. The third-order valence-electron chi connectivity index (χ3n) is 3.36. The number of carbonyl (C=O) groups excluding carboxylic acids is 1. The molecule has 3 rings (SSSR count). The van der Waals surface area contributed by atoms with Crippen molar-refractivity contribution < 1.29 is 9.53 Å². The van der Waals surface area contributed by atoms with Gasteiger partial charge in [0.2, 0.25) is 5.91 Å². The van der Waals surface area contributed by atoms with Gasteiger partial charge in [-0.05, 0) is 24.0 Å². The second-order valence-corrected chi connectivity index (χ2v) is 4.22. The molecule has 1 aliphatic carbocycles. The summed E-state index contributed by atoms with van der Waals surface area (Å²) in [6, 6.07) is 8.34. The normalized spacial score (nSPS) is 28.9. The van der Waals surface area contributed by atoms with Crippen molar-refractivity contribution in [1.82, 2.24) is 5.32 Å². The molecule has 1 aromatic carbocycles. The van der Waals surface area contributed by atoms with Crippen molar-refractivity contribution in [2.75, 3.05) is 13.2 Å². The molecule has 1 aliphatic heterocycles. The monoisotopic (exact) mass is 203 g/mol. The van der Waals surface area contributed by atoms with E-state index in [1.165, 1.54) is 11.1 Å². The molecule has 0 aromatic heterocycles. The van der Waals surface area contributed by atoms with E-state index < -0.39 is 0 Å². The molecule has 1 atom stereocenters. The fraction of sp³-hybridized carbons (Fsp3) is 0.417. The average molecular weight is 203 g/mol. The van der Waals surface area contributed by atoms with Crippen LogP contribution in [0.4, 0.5) is 0 Å². The highest BCUT2D eigenvalue weighted by Gasteiger charge is 2.42. The molecule has 0 radical (unpaired) electrons. The molecule has 1 fully saturated rings. The first-order valence-electron chi connectivity index (χ1n) is 5.29. The van der Waals surface area contributed by atoms with Gasteiger partial charge >= 0.3 is 0 Å². The number of amides is 1. The van der Waals surface area contributed by atoms with Crippen molar-refractivity contribution in [3.8, 4) is 0 Å². The Kier molecular flexibility index (Phi) is 1.83. The number of hydrogen-bond donors (Lipinski definition) is 1. The Morgan fingerprint density at radius 3 is 3.00 bits per heavy atom. The summed E-state index contributed by atoms with van der Waals surface area (Å²) in [4.78, 5) is 11.1. The number of hydrogen-bond acceptors (Lipinski definition) is 2. The van der Waals surface area contributed by atoms with E-state index in [-0.39, 0.29) is 18.1 Å². The summed E-state index contributed by atoms with van der Waals surface area (Å²) in [5.41, 5.74) is 2.36. The first-order valence-corrected chi connectivity index (χ1v) is 5.29. The first kappa shape index (κ1) is 8.92. The topological polar surface area (TPSA) is 38.3 Å². The van der Waals surface area contributed by atoms with Gasteiger partial charge < -0.3 is 10.1 Å². The summed E-state index contributed by atoms with van der Waals surface area (Å²) in [6.45, 7) is 0.803. The standard InChI is InChI=1S/C12H13NO2/c14-11-7-15-12(8-13-11)6-5-9-3-1-2-4-10(9)12/h1-4H,5-8H2,(H,13,14)/t12-/m0/s1. The van der Waals surface area contributed by atoms with E-state index in [1.807, 2.05) is 6.07 Å². The van der Waals surface area contributed by atoms with Gasteiger partial charge in [0, 0.05) is 0 Å². The molecule has 1 amide bonds. The third-order valence-corrected chi connectivity index (χ3v) is 3.36. The minimum atomic E-state index is -0.246. The molecule has 78 valence electrons. The Morgan fingerprint density at radius 2 is 2.20 bits per heavy atom. The van der Waals surface area contributed by atoms with Crippen LogP contribution in [0.3, 0.4) is 0 Å². The Labute approximate surface area is 88.4 Å². The van der Waals surface area contributed by atoms with Crippen LogP contribution in [0.25, 0.3) is 0 Å². The lowest BCUT2D eigenvalue weighted by molar-refractivity contribution is -0.144. The highest BCUT2D eigenvalue weighted by molar-refractivity contribution is 5.78.